The molecule has 0 aliphatic rings. The van der Waals surface area contributed by atoms with Gasteiger partial charge in [0.15, 0.2) is 0 Å². The van der Waals surface area contributed by atoms with Crippen molar-refractivity contribution in [2.24, 2.45) is 0 Å². The second-order valence-electron chi connectivity index (χ2n) is 13.3. The SMILES string of the molecule is COC(=O)c1ccc2c(c1)[nH]c1cc(-c3c(C)noc3C)cnc12.COC(=O)c1ccc2c3ncc(-c4c(C)noc4C)cc3n(Cc3ccccc3)c2c1. The number of esters is 2. The van der Waals surface area contributed by atoms with Gasteiger partial charge in [-0.2, -0.15) is 0 Å². The fourth-order valence-corrected chi connectivity index (χ4v) is 7.21. The number of hydrogen-bond acceptors (Lipinski definition) is 10. The zero-order valence-corrected chi connectivity index (χ0v) is 31.1. The summed E-state index contributed by atoms with van der Waals surface area (Å²) in [7, 11) is 2.76. The van der Waals surface area contributed by atoms with Gasteiger partial charge in [0.05, 0.1) is 64.3 Å². The third kappa shape index (κ3) is 6.27. The van der Waals surface area contributed by atoms with Crippen LogP contribution < -0.4 is 0 Å². The Morgan fingerprint density at radius 1 is 0.655 bits per heavy atom. The molecule has 0 saturated carbocycles. The smallest absolute Gasteiger partial charge is 0.337 e. The molecule has 0 saturated heterocycles. The number of carbonyl (C=O) groups excluding carboxylic acids is 2. The maximum atomic E-state index is 12.2. The van der Waals surface area contributed by atoms with Crippen LogP contribution in [0.3, 0.4) is 0 Å². The summed E-state index contributed by atoms with van der Waals surface area (Å²) in [5.41, 5.74) is 13.1. The van der Waals surface area contributed by atoms with Gasteiger partial charge in [0, 0.05) is 57.5 Å². The average Bonchev–Trinajstić information content (AvgIpc) is 3.94. The van der Waals surface area contributed by atoms with Crippen molar-refractivity contribution >= 4 is 55.8 Å². The van der Waals surface area contributed by atoms with Gasteiger partial charge >= 0.3 is 11.9 Å². The highest BCUT2D eigenvalue weighted by molar-refractivity contribution is 6.09. The van der Waals surface area contributed by atoms with E-state index in [0.29, 0.717) is 17.7 Å². The van der Waals surface area contributed by atoms with Crippen molar-refractivity contribution in [3.8, 4) is 22.3 Å². The first kappa shape index (κ1) is 35.0. The number of carbonyl (C=O) groups is 2. The molecular formula is C43H36N6O6. The zero-order valence-electron chi connectivity index (χ0n) is 31.1. The van der Waals surface area contributed by atoms with Crippen LogP contribution in [0.4, 0.5) is 0 Å². The number of benzene rings is 3. The lowest BCUT2D eigenvalue weighted by Crippen LogP contribution is -2.03. The first-order valence-corrected chi connectivity index (χ1v) is 17.6. The van der Waals surface area contributed by atoms with Crippen LogP contribution in [0.25, 0.3) is 66.1 Å². The van der Waals surface area contributed by atoms with Gasteiger partial charge in [-0.3, -0.25) is 9.97 Å². The molecule has 0 bridgehead atoms. The number of H-pyrrole nitrogens is 1. The quantitative estimate of drug-likeness (QED) is 0.164. The first-order valence-electron chi connectivity index (χ1n) is 17.6. The molecule has 55 heavy (non-hydrogen) atoms. The molecule has 0 fully saturated rings. The molecular weight excluding hydrogens is 697 g/mol. The summed E-state index contributed by atoms with van der Waals surface area (Å²) >= 11 is 0. The highest BCUT2D eigenvalue weighted by atomic mass is 16.5. The summed E-state index contributed by atoms with van der Waals surface area (Å²) in [6.07, 6.45) is 3.67. The highest BCUT2D eigenvalue weighted by Crippen LogP contribution is 2.35. The van der Waals surface area contributed by atoms with Crippen LogP contribution in [0.5, 0.6) is 0 Å². The van der Waals surface area contributed by atoms with E-state index in [9.17, 15) is 9.59 Å². The number of aromatic nitrogens is 6. The number of aryl methyl sites for hydroxylation is 4. The summed E-state index contributed by atoms with van der Waals surface area (Å²) in [5, 5.41) is 10.0. The minimum Gasteiger partial charge on any atom is -0.465 e. The molecule has 0 spiro atoms. The van der Waals surface area contributed by atoms with Gasteiger partial charge in [0.25, 0.3) is 0 Å². The molecule has 274 valence electrons. The van der Waals surface area contributed by atoms with Crippen LogP contribution in [0, 0.1) is 27.7 Å². The Morgan fingerprint density at radius 3 is 1.84 bits per heavy atom. The van der Waals surface area contributed by atoms with Gasteiger partial charge in [-0.1, -0.05) is 40.6 Å². The largest absolute Gasteiger partial charge is 0.465 e. The van der Waals surface area contributed by atoms with Gasteiger partial charge in [0.1, 0.15) is 11.5 Å². The molecule has 0 amide bonds. The van der Waals surface area contributed by atoms with Crippen molar-refractivity contribution in [3.05, 3.63) is 131 Å². The van der Waals surface area contributed by atoms with E-state index in [-0.39, 0.29) is 11.9 Å². The van der Waals surface area contributed by atoms with Crippen molar-refractivity contribution in [1.82, 2.24) is 29.8 Å². The van der Waals surface area contributed by atoms with Gasteiger partial charge in [-0.25, -0.2) is 9.59 Å². The Labute approximate surface area is 314 Å². The molecule has 9 aromatic rings. The topological polar surface area (TPSA) is 151 Å². The number of nitrogens with one attached hydrogen (secondary N) is 1. The Bertz CT molecular complexity index is 2880. The maximum absolute atomic E-state index is 12.2. The number of pyridine rings is 2. The predicted molar refractivity (Wildman–Crippen MR) is 209 cm³/mol. The van der Waals surface area contributed by atoms with E-state index in [2.05, 4.69) is 43.0 Å². The third-order valence-electron chi connectivity index (χ3n) is 9.80. The maximum Gasteiger partial charge on any atom is 0.337 e. The highest BCUT2D eigenvalue weighted by Gasteiger charge is 2.19. The van der Waals surface area contributed by atoms with Crippen molar-refractivity contribution in [2.75, 3.05) is 14.2 Å². The Hall–Kier alpha value is -7.08. The summed E-state index contributed by atoms with van der Waals surface area (Å²) in [6, 6.07) is 25.4. The first-order chi connectivity index (χ1) is 26.6. The minimum absolute atomic E-state index is 0.359. The molecule has 1 N–H and O–H groups in total. The predicted octanol–water partition coefficient (Wildman–Crippen LogP) is 9.07. The van der Waals surface area contributed by atoms with Crippen molar-refractivity contribution in [2.45, 2.75) is 34.2 Å². The lowest BCUT2D eigenvalue weighted by Gasteiger charge is -2.09. The molecule has 0 unspecified atom stereocenters. The summed E-state index contributed by atoms with van der Waals surface area (Å²) in [4.78, 5) is 36.6. The number of nitrogens with zero attached hydrogens (tertiary/aromatic N) is 5. The lowest BCUT2D eigenvalue weighted by molar-refractivity contribution is 0.0592. The summed E-state index contributed by atoms with van der Waals surface area (Å²) in [5.74, 6) is 0.804. The fourth-order valence-electron chi connectivity index (χ4n) is 7.21. The van der Waals surface area contributed by atoms with Gasteiger partial charge in [0.2, 0.25) is 0 Å². The molecule has 12 nitrogen and oxygen atoms in total. The van der Waals surface area contributed by atoms with Crippen LogP contribution in [0.2, 0.25) is 0 Å². The summed E-state index contributed by atoms with van der Waals surface area (Å²) in [6.45, 7) is 8.27. The number of ether oxygens (including phenoxy) is 2. The molecule has 6 heterocycles. The number of rotatable bonds is 6. The van der Waals surface area contributed by atoms with E-state index in [0.717, 1.165) is 94.6 Å². The lowest BCUT2D eigenvalue weighted by atomic mass is 10.1. The monoisotopic (exact) mass is 732 g/mol. The Morgan fingerprint density at radius 2 is 1.24 bits per heavy atom. The molecule has 3 aromatic carbocycles. The van der Waals surface area contributed by atoms with Crippen molar-refractivity contribution in [3.63, 3.8) is 0 Å². The minimum atomic E-state index is -0.361. The molecule has 6 aromatic heterocycles. The Kier molecular flexibility index (Phi) is 8.93. The Balaban J connectivity index is 0.000000160. The zero-order chi connectivity index (χ0) is 38.4. The standard InChI is InChI=1S/C25H21N3O3.C18H15N3O3/c1-15-23(16(2)31-27-15)19-12-22-24(26-13-19)20-10-9-18(25(29)30-3)11-21(20)28(22)14-17-7-5-4-6-8-17;1-9-16(10(2)24-21-9)12-7-15-17(19-8-12)13-5-4-11(18(22)23-3)6-14(13)20-15/h4-13H,14H2,1-3H3;4-8,20H,1-3H3. The van der Waals surface area contributed by atoms with Gasteiger partial charge < -0.3 is 28.1 Å². The summed E-state index contributed by atoms with van der Waals surface area (Å²) < 4.78 is 22.5. The number of hydrogen-bond donors (Lipinski definition) is 1. The number of aromatic amines is 1. The van der Waals surface area contributed by atoms with E-state index >= 15 is 0 Å². The van der Waals surface area contributed by atoms with E-state index in [1.165, 1.54) is 14.2 Å². The van der Waals surface area contributed by atoms with E-state index < -0.39 is 0 Å². The van der Waals surface area contributed by atoms with Crippen LogP contribution in [0.15, 0.2) is 100 Å². The third-order valence-corrected chi connectivity index (χ3v) is 9.80. The van der Waals surface area contributed by atoms with E-state index in [4.69, 9.17) is 23.5 Å². The molecule has 0 atom stereocenters. The molecule has 0 aliphatic heterocycles. The normalized spacial score (nSPS) is 11.3. The second-order valence-corrected chi connectivity index (χ2v) is 13.3. The second kappa shape index (κ2) is 14.0. The molecule has 0 aliphatic carbocycles. The number of fused-ring (bicyclic) bond motifs is 6. The van der Waals surface area contributed by atoms with Crippen LogP contribution in [-0.4, -0.2) is 56.0 Å². The molecule has 12 heteroatoms. The van der Waals surface area contributed by atoms with Crippen LogP contribution in [0.1, 0.15) is 49.2 Å². The molecule has 0 radical (unpaired) electrons. The van der Waals surface area contributed by atoms with Crippen molar-refractivity contribution in [1.29, 1.82) is 0 Å². The van der Waals surface area contributed by atoms with Gasteiger partial charge in [-0.05, 0) is 81.8 Å². The van der Waals surface area contributed by atoms with Crippen LogP contribution in [-0.2, 0) is 16.0 Å². The molecule has 9 rings (SSSR count). The van der Waals surface area contributed by atoms with Gasteiger partial charge in [-0.15, -0.1) is 0 Å². The van der Waals surface area contributed by atoms with Crippen LogP contribution >= 0.6 is 0 Å². The fraction of sp³-hybridized carbons (Fsp3) is 0.163. The van der Waals surface area contributed by atoms with Crippen molar-refractivity contribution < 1.29 is 28.1 Å². The number of methoxy groups -OCH3 is 2. The average molecular weight is 733 g/mol. The van der Waals surface area contributed by atoms with E-state index in [1.54, 1.807) is 18.2 Å². The van der Waals surface area contributed by atoms with E-state index in [1.807, 2.05) is 82.6 Å².